The highest BCUT2D eigenvalue weighted by atomic mass is 16.2. The highest BCUT2D eigenvalue weighted by molar-refractivity contribution is 5.87. The lowest BCUT2D eigenvalue weighted by Gasteiger charge is -2.34. The van der Waals surface area contributed by atoms with Gasteiger partial charge in [-0.25, -0.2) is 0 Å². The van der Waals surface area contributed by atoms with Crippen molar-refractivity contribution < 1.29 is 14.4 Å². The van der Waals surface area contributed by atoms with Gasteiger partial charge in [-0.3, -0.25) is 14.4 Å². The molecule has 0 aromatic heterocycles. The summed E-state index contributed by atoms with van der Waals surface area (Å²) in [6, 6.07) is -0.600. The average molecular weight is 284 g/mol. The van der Waals surface area contributed by atoms with Crippen molar-refractivity contribution in [3.63, 3.8) is 0 Å². The van der Waals surface area contributed by atoms with Crippen molar-refractivity contribution in [1.29, 1.82) is 0 Å². The topological polar surface area (TPSA) is 95.7 Å². The predicted molar refractivity (Wildman–Crippen MR) is 74.7 cm³/mol. The summed E-state index contributed by atoms with van der Waals surface area (Å²) in [5.41, 5.74) is 5.70. The second-order valence-electron chi connectivity index (χ2n) is 5.37. The molecule has 1 aliphatic heterocycles. The van der Waals surface area contributed by atoms with Crippen molar-refractivity contribution in [2.75, 3.05) is 32.7 Å². The Hall–Kier alpha value is -1.63. The normalized spacial score (nSPS) is 17.1. The van der Waals surface area contributed by atoms with E-state index in [0.29, 0.717) is 26.2 Å². The lowest BCUT2D eigenvalue weighted by molar-refractivity contribution is -0.138. The number of nitrogens with two attached hydrogens (primary N) is 1. The summed E-state index contributed by atoms with van der Waals surface area (Å²) < 4.78 is 0. The molecule has 0 unspecified atom stereocenters. The Morgan fingerprint density at radius 1 is 1.10 bits per heavy atom. The van der Waals surface area contributed by atoms with Crippen LogP contribution in [0.2, 0.25) is 0 Å². The molecule has 1 heterocycles. The summed E-state index contributed by atoms with van der Waals surface area (Å²) in [7, 11) is 0. The van der Waals surface area contributed by atoms with Gasteiger partial charge >= 0.3 is 0 Å². The van der Waals surface area contributed by atoms with Gasteiger partial charge in [0.1, 0.15) is 0 Å². The highest BCUT2D eigenvalue weighted by Crippen LogP contribution is 2.02. The van der Waals surface area contributed by atoms with Gasteiger partial charge in [0.05, 0.1) is 12.6 Å². The van der Waals surface area contributed by atoms with Gasteiger partial charge in [0.25, 0.3) is 0 Å². The Morgan fingerprint density at radius 3 is 2.05 bits per heavy atom. The maximum Gasteiger partial charge on any atom is 0.242 e. The molecular weight excluding hydrogens is 260 g/mol. The number of amides is 3. The van der Waals surface area contributed by atoms with Crippen molar-refractivity contribution in [1.82, 2.24) is 15.1 Å². The molecule has 3 amide bonds. The second kappa shape index (κ2) is 7.23. The Labute approximate surface area is 119 Å². The van der Waals surface area contributed by atoms with Crippen molar-refractivity contribution >= 4 is 17.7 Å². The molecule has 20 heavy (non-hydrogen) atoms. The molecule has 0 aromatic carbocycles. The van der Waals surface area contributed by atoms with E-state index < -0.39 is 6.04 Å². The highest BCUT2D eigenvalue weighted by Gasteiger charge is 2.23. The number of carbonyl (C=O) groups excluding carboxylic acids is 3. The molecule has 1 aliphatic rings. The van der Waals surface area contributed by atoms with Crippen LogP contribution in [-0.4, -0.2) is 66.3 Å². The van der Waals surface area contributed by atoms with Gasteiger partial charge < -0.3 is 20.9 Å². The summed E-state index contributed by atoms with van der Waals surface area (Å²) in [5, 5.41) is 2.56. The zero-order chi connectivity index (χ0) is 15.3. The Balaban J connectivity index is 2.34. The number of hydrogen-bond acceptors (Lipinski definition) is 4. The number of rotatable bonds is 4. The molecule has 0 aliphatic carbocycles. The molecular formula is C13H24N4O3. The first-order chi connectivity index (χ1) is 9.32. The fourth-order valence-electron chi connectivity index (χ4n) is 1.97. The Morgan fingerprint density at radius 2 is 1.60 bits per heavy atom. The van der Waals surface area contributed by atoms with E-state index in [2.05, 4.69) is 5.32 Å². The van der Waals surface area contributed by atoms with Crippen LogP contribution in [0.15, 0.2) is 0 Å². The SMILES string of the molecule is CC(=O)N1CCN(C(=O)CNC(=O)[C@@H](N)C(C)C)CC1. The Bertz CT molecular complexity index is 376. The molecule has 7 heteroatoms. The van der Waals surface area contributed by atoms with E-state index in [9.17, 15) is 14.4 Å². The number of hydrogen-bond donors (Lipinski definition) is 2. The third kappa shape index (κ3) is 4.48. The van der Waals surface area contributed by atoms with E-state index in [1.165, 1.54) is 6.92 Å². The number of piperazine rings is 1. The summed E-state index contributed by atoms with van der Waals surface area (Å²) >= 11 is 0. The minimum atomic E-state index is -0.600. The first kappa shape index (κ1) is 16.4. The minimum absolute atomic E-state index is 0.0216. The standard InChI is InChI=1S/C13H24N4O3/c1-9(2)12(14)13(20)15-8-11(19)17-6-4-16(5-7-17)10(3)18/h9,12H,4-8,14H2,1-3H3,(H,15,20)/t12-/m0/s1. The van der Waals surface area contributed by atoms with Gasteiger partial charge in [-0.2, -0.15) is 0 Å². The zero-order valence-corrected chi connectivity index (χ0v) is 12.4. The molecule has 0 aromatic rings. The van der Waals surface area contributed by atoms with Crippen LogP contribution >= 0.6 is 0 Å². The van der Waals surface area contributed by atoms with E-state index in [-0.39, 0.29) is 30.2 Å². The number of nitrogens with zero attached hydrogens (tertiary/aromatic N) is 2. The van der Waals surface area contributed by atoms with Crippen LogP contribution in [0.3, 0.4) is 0 Å². The maximum atomic E-state index is 11.9. The van der Waals surface area contributed by atoms with E-state index in [1.54, 1.807) is 9.80 Å². The van der Waals surface area contributed by atoms with Crippen molar-refractivity contribution in [2.24, 2.45) is 11.7 Å². The summed E-state index contributed by atoms with van der Waals surface area (Å²) in [5.74, 6) is -0.397. The summed E-state index contributed by atoms with van der Waals surface area (Å²) in [6.07, 6.45) is 0. The fraction of sp³-hybridized carbons (Fsp3) is 0.769. The monoisotopic (exact) mass is 284 g/mol. The lowest BCUT2D eigenvalue weighted by atomic mass is 10.1. The van der Waals surface area contributed by atoms with Crippen LogP contribution < -0.4 is 11.1 Å². The maximum absolute atomic E-state index is 11.9. The van der Waals surface area contributed by atoms with Crippen LogP contribution in [0.25, 0.3) is 0 Å². The van der Waals surface area contributed by atoms with Gasteiger partial charge in [0.2, 0.25) is 17.7 Å². The molecule has 0 saturated carbocycles. The van der Waals surface area contributed by atoms with Gasteiger partial charge in [0.15, 0.2) is 0 Å². The van der Waals surface area contributed by atoms with Gasteiger partial charge in [-0.1, -0.05) is 13.8 Å². The smallest absolute Gasteiger partial charge is 0.242 e. The van der Waals surface area contributed by atoms with E-state index in [1.807, 2.05) is 13.8 Å². The summed E-state index contributed by atoms with van der Waals surface area (Å²) in [6.45, 7) is 7.28. The van der Waals surface area contributed by atoms with Crippen LogP contribution in [0, 0.1) is 5.92 Å². The molecule has 0 bridgehead atoms. The summed E-state index contributed by atoms with van der Waals surface area (Å²) in [4.78, 5) is 38.1. The lowest BCUT2D eigenvalue weighted by Crippen LogP contribution is -2.53. The van der Waals surface area contributed by atoms with Crippen molar-refractivity contribution in [3.05, 3.63) is 0 Å². The third-order valence-corrected chi connectivity index (χ3v) is 3.51. The number of carbonyl (C=O) groups is 3. The molecule has 1 rings (SSSR count). The fourth-order valence-corrected chi connectivity index (χ4v) is 1.97. The first-order valence-electron chi connectivity index (χ1n) is 6.89. The molecule has 114 valence electrons. The molecule has 1 fully saturated rings. The van der Waals surface area contributed by atoms with E-state index >= 15 is 0 Å². The molecule has 7 nitrogen and oxygen atoms in total. The van der Waals surface area contributed by atoms with Gasteiger partial charge in [0, 0.05) is 33.1 Å². The van der Waals surface area contributed by atoms with Crippen molar-refractivity contribution in [2.45, 2.75) is 26.8 Å². The third-order valence-electron chi connectivity index (χ3n) is 3.51. The zero-order valence-electron chi connectivity index (χ0n) is 12.4. The van der Waals surface area contributed by atoms with E-state index in [0.717, 1.165) is 0 Å². The quantitative estimate of drug-likeness (QED) is 0.676. The molecule has 0 radical (unpaired) electrons. The average Bonchev–Trinajstić information content (AvgIpc) is 2.43. The first-order valence-corrected chi connectivity index (χ1v) is 6.89. The van der Waals surface area contributed by atoms with Crippen LogP contribution in [0.1, 0.15) is 20.8 Å². The van der Waals surface area contributed by atoms with E-state index in [4.69, 9.17) is 5.73 Å². The molecule has 1 saturated heterocycles. The van der Waals surface area contributed by atoms with Crippen molar-refractivity contribution in [3.8, 4) is 0 Å². The van der Waals surface area contributed by atoms with Crippen LogP contribution in [0.5, 0.6) is 0 Å². The van der Waals surface area contributed by atoms with Crippen LogP contribution in [0.4, 0.5) is 0 Å². The number of nitrogens with one attached hydrogen (secondary N) is 1. The second-order valence-corrected chi connectivity index (χ2v) is 5.37. The molecule has 3 N–H and O–H groups in total. The minimum Gasteiger partial charge on any atom is -0.346 e. The van der Waals surface area contributed by atoms with Gasteiger partial charge in [-0.05, 0) is 5.92 Å². The Kier molecular flexibility index (Phi) is 5.94. The molecule has 1 atom stereocenters. The van der Waals surface area contributed by atoms with Gasteiger partial charge in [-0.15, -0.1) is 0 Å². The predicted octanol–water partition coefficient (Wildman–Crippen LogP) is -1.22. The van der Waals surface area contributed by atoms with Crippen LogP contribution in [-0.2, 0) is 14.4 Å². The largest absolute Gasteiger partial charge is 0.346 e. The molecule has 0 spiro atoms.